The van der Waals surface area contributed by atoms with Gasteiger partial charge in [0.1, 0.15) is 0 Å². The first-order valence-electron chi connectivity index (χ1n) is 8.53. The van der Waals surface area contributed by atoms with Crippen LogP contribution in [-0.2, 0) is 6.42 Å². The molecular formula is C21H15ClN2O2S2. The summed E-state index contributed by atoms with van der Waals surface area (Å²) < 4.78 is 0.990. The van der Waals surface area contributed by atoms with Gasteiger partial charge < -0.3 is 0 Å². The third-order valence-corrected chi connectivity index (χ3v) is 6.81. The van der Waals surface area contributed by atoms with Crippen molar-refractivity contribution in [3.63, 3.8) is 0 Å². The molecule has 0 aliphatic carbocycles. The predicted octanol–water partition coefficient (Wildman–Crippen LogP) is 6.00. The van der Waals surface area contributed by atoms with Crippen molar-refractivity contribution in [3.8, 4) is 0 Å². The van der Waals surface area contributed by atoms with Crippen LogP contribution in [0.5, 0.6) is 0 Å². The number of amides is 1. The quantitative estimate of drug-likeness (QED) is 0.398. The van der Waals surface area contributed by atoms with Gasteiger partial charge in [-0.05, 0) is 36.2 Å². The highest BCUT2D eigenvalue weighted by Gasteiger charge is 2.19. The number of aromatic nitrogens is 1. The first-order valence-corrected chi connectivity index (χ1v) is 10.6. The highest BCUT2D eigenvalue weighted by molar-refractivity contribution is 7.21. The number of nitrogens with one attached hydrogen (secondary N) is 1. The Balaban J connectivity index is 1.59. The number of thiophene rings is 1. The summed E-state index contributed by atoms with van der Waals surface area (Å²) in [6, 6.07) is 13.1. The number of ketones is 1. The van der Waals surface area contributed by atoms with E-state index >= 15 is 0 Å². The van der Waals surface area contributed by atoms with Crippen LogP contribution in [0.15, 0.2) is 54.0 Å². The molecule has 0 bridgehead atoms. The molecule has 2 heterocycles. The summed E-state index contributed by atoms with van der Waals surface area (Å²) in [5.41, 5.74) is 2.26. The second kappa shape index (κ2) is 7.83. The van der Waals surface area contributed by atoms with Crippen LogP contribution in [0.25, 0.3) is 10.1 Å². The van der Waals surface area contributed by atoms with Crippen LogP contribution in [0.2, 0.25) is 5.02 Å². The molecule has 0 spiro atoms. The normalized spacial score (nSPS) is 10.9. The van der Waals surface area contributed by atoms with E-state index in [2.05, 4.69) is 10.3 Å². The molecule has 0 aliphatic heterocycles. The number of rotatable bonds is 5. The van der Waals surface area contributed by atoms with Gasteiger partial charge in [-0.15, -0.1) is 22.7 Å². The number of hydrogen-bond acceptors (Lipinski definition) is 5. The largest absolute Gasteiger partial charge is 0.298 e. The lowest BCUT2D eigenvalue weighted by Crippen LogP contribution is -2.13. The van der Waals surface area contributed by atoms with E-state index in [9.17, 15) is 9.59 Å². The monoisotopic (exact) mass is 426 g/mol. The topological polar surface area (TPSA) is 59.1 Å². The fourth-order valence-corrected chi connectivity index (χ4v) is 4.90. The molecular weight excluding hydrogens is 412 g/mol. The van der Waals surface area contributed by atoms with Crippen molar-refractivity contribution in [3.05, 3.63) is 80.6 Å². The van der Waals surface area contributed by atoms with Crippen LogP contribution in [-0.4, -0.2) is 16.7 Å². The number of anilines is 1. The van der Waals surface area contributed by atoms with Gasteiger partial charge in [0.25, 0.3) is 5.91 Å². The van der Waals surface area contributed by atoms with E-state index < -0.39 is 0 Å². The summed E-state index contributed by atoms with van der Waals surface area (Å²) >= 11 is 9.20. The molecule has 0 saturated carbocycles. The van der Waals surface area contributed by atoms with E-state index in [0.29, 0.717) is 20.6 Å². The number of nitrogens with zero attached hydrogens (tertiary/aromatic N) is 1. The van der Waals surface area contributed by atoms with Crippen LogP contribution >= 0.6 is 34.3 Å². The SMILES string of the molecule is Cc1ccc(C(=O)Nc2nccs2)cc1CC(=O)c1sc2ccccc2c1Cl. The van der Waals surface area contributed by atoms with Crippen LogP contribution in [0, 0.1) is 6.92 Å². The van der Waals surface area contributed by atoms with Crippen molar-refractivity contribution in [2.45, 2.75) is 13.3 Å². The minimum absolute atomic E-state index is 0.0493. The molecule has 0 fully saturated rings. The predicted molar refractivity (Wildman–Crippen MR) is 116 cm³/mol. The first kappa shape index (κ1) is 18.8. The Kier molecular flexibility index (Phi) is 5.26. The van der Waals surface area contributed by atoms with E-state index in [1.165, 1.54) is 22.7 Å². The maximum atomic E-state index is 12.9. The summed E-state index contributed by atoms with van der Waals surface area (Å²) in [6.45, 7) is 1.93. The summed E-state index contributed by atoms with van der Waals surface area (Å²) in [4.78, 5) is 30.0. The number of halogens is 1. The maximum absolute atomic E-state index is 12.9. The maximum Gasteiger partial charge on any atom is 0.257 e. The fourth-order valence-electron chi connectivity index (χ4n) is 2.90. The molecule has 140 valence electrons. The molecule has 0 radical (unpaired) electrons. The van der Waals surface area contributed by atoms with Gasteiger partial charge in [-0.25, -0.2) is 4.98 Å². The number of Topliss-reactive ketones (excluding diaryl/α,β-unsaturated/α-hetero) is 1. The summed E-state index contributed by atoms with van der Waals surface area (Å²) in [7, 11) is 0. The molecule has 7 heteroatoms. The molecule has 4 rings (SSSR count). The molecule has 0 aliphatic rings. The molecule has 1 N–H and O–H groups in total. The zero-order chi connectivity index (χ0) is 19.7. The summed E-state index contributed by atoms with van der Waals surface area (Å²) in [5.74, 6) is -0.296. The first-order chi connectivity index (χ1) is 13.5. The third-order valence-electron chi connectivity index (χ3n) is 4.40. The molecule has 28 heavy (non-hydrogen) atoms. The molecule has 4 nitrogen and oxygen atoms in total. The van der Waals surface area contributed by atoms with Crippen molar-refractivity contribution in [1.29, 1.82) is 0 Å². The van der Waals surface area contributed by atoms with Crippen molar-refractivity contribution in [2.24, 2.45) is 0 Å². The lowest BCUT2D eigenvalue weighted by molar-refractivity contribution is 0.0992. The average molecular weight is 427 g/mol. The number of thiazole rings is 1. The van der Waals surface area contributed by atoms with Gasteiger partial charge >= 0.3 is 0 Å². The number of benzene rings is 2. The molecule has 2 aromatic carbocycles. The molecule has 0 saturated heterocycles. The Hall–Kier alpha value is -2.54. The smallest absolute Gasteiger partial charge is 0.257 e. The van der Waals surface area contributed by atoms with Gasteiger partial charge in [-0.3, -0.25) is 14.9 Å². The lowest BCUT2D eigenvalue weighted by Gasteiger charge is -2.08. The minimum Gasteiger partial charge on any atom is -0.298 e. The fraction of sp³-hybridized carbons (Fsp3) is 0.0952. The highest BCUT2D eigenvalue weighted by atomic mass is 35.5. The van der Waals surface area contributed by atoms with E-state index in [4.69, 9.17) is 11.6 Å². The molecule has 0 unspecified atom stereocenters. The van der Waals surface area contributed by atoms with Crippen LogP contribution in [0.4, 0.5) is 5.13 Å². The van der Waals surface area contributed by atoms with Crippen LogP contribution in [0.1, 0.15) is 31.2 Å². The molecule has 2 aromatic heterocycles. The second-order valence-corrected chi connectivity index (χ2v) is 8.60. The van der Waals surface area contributed by atoms with Crippen molar-refractivity contribution in [2.75, 3.05) is 5.32 Å². The molecule has 0 atom stereocenters. The van der Waals surface area contributed by atoms with Crippen molar-refractivity contribution >= 4 is 61.2 Å². The third kappa shape index (κ3) is 3.71. The van der Waals surface area contributed by atoms with E-state index in [1.54, 1.807) is 23.7 Å². The number of fused-ring (bicyclic) bond motifs is 1. The standard InChI is InChI=1S/C21H15ClN2O2S2/c1-12-6-7-13(20(26)24-21-23-8-9-27-21)10-14(12)11-16(25)19-18(22)15-4-2-3-5-17(15)28-19/h2-10H,11H2,1H3,(H,23,24,26). The summed E-state index contributed by atoms with van der Waals surface area (Å²) in [5, 5.41) is 6.49. The van der Waals surface area contributed by atoms with E-state index in [1.807, 2.05) is 37.3 Å². The number of carbonyl (C=O) groups is 2. The van der Waals surface area contributed by atoms with Gasteiger partial charge in [0.05, 0.1) is 9.90 Å². The Labute approximate surface area is 174 Å². The average Bonchev–Trinajstić information content (AvgIpc) is 3.31. The lowest BCUT2D eigenvalue weighted by atomic mass is 9.99. The van der Waals surface area contributed by atoms with Crippen LogP contribution < -0.4 is 5.32 Å². The highest BCUT2D eigenvalue weighted by Crippen LogP contribution is 2.36. The molecule has 1 amide bonds. The van der Waals surface area contributed by atoms with E-state index in [-0.39, 0.29) is 18.1 Å². The van der Waals surface area contributed by atoms with E-state index in [0.717, 1.165) is 21.2 Å². The molecule has 4 aromatic rings. The Morgan fingerprint density at radius 2 is 2.00 bits per heavy atom. The summed E-state index contributed by atoms with van der Waals surface area (Å²) in [6.07, 6.45) is 1.82. The zero-order valence-corrected chi connectivity index (χ0v) is 17.3. The van der Waals surface area contributed by atoms with Crippen LogP contribution in [0.3, 0.4) is 0 Å². The van der Waals surface area contributed by atoms with Gasteiger partial charge in [0.15, 0.2) is 10.9 Å². The number of aryl methyl sites for hydroxylation is 1. The van der Waals surface area contributed by atoms with Gasteiger partial charge in [0.2, 0.25) is 0 Å². The number of carbonyl (C=O) groups excluding carboxylic acids is 2. The van der Waals surface area contributed by atoms with Gasteiger partial charge in [-0.1, -0.05) is 35.9 Å². The second-order valence-electron chi connectivity index (χ2n) is 6.27. The minimum atomic E-state index is -0.247. The van der Waals surface area contributed by atoms with Gasteiger partial charge in [0, 0.05) is 33.6 Å². The Bertz CT molecular complexity index is 1180. The number of hydrogen-bond donors (Lipinski definition) is 1. The van der Waals surface area contributed by atoms with Crippen molar-refractivity contribution < 1.29 is 9.59 Å². The van der Waals surface area contributed by atoms with Gasteiger partial charge in [-0.2, -0.15) is 0 Å². The zero-order valence-electron chi connectivity index (χ0n) is 14.9. The Morgan fingerprint density at radius 1 is 1.18 bits per heavy atom. The van der Waals surface area contributed by atoms with Crippen molar-refractivity contribution in [1.82, 2.24) is 4.98 Å². The Morgan fingerprint density at radius 3 is 2.75 bits per heavy atom.